The minimum atomic E-state index is 0.484. The van der Waals surface area contributed by atoms with Crippen molar-refractivity contribution in [2.75, 3.05) is 0 Å². The first-order chi connectivity index (χ1) is 9.91. The average Bonchev–Trinajstić information content (AvgIpc) is 2.76. The smallest absolute Gasteiger partial charge is 0.0314 e. The van der Waals surface area contributed by atoms with Crippen LogP contribution in [-0.2, 0) is 0 Å². The lowest BCUT2D eigenvalue weighted by atomic mass is 9.45. The molecule has 4 aliphatic carbocycles. The Balaban J connectivity index is 1.68. The molecule has 0 bridgehead atoms. The Morgan fingerprint density at radius 3 is 2.38 bits per heavy atom. The monoisotopic (exact) mass is 352 g/mol. The van der Waals surface area contributed by atoms with Crippen LogP contribution in [0.5, 0.6) is 0 Å². The van der Waals surface area contributed by atoms with Crippen molar-refractivity contribution in [2.24, 2.45) is 34.5 Å². The molecule has 4 rings (SSSR count). The highest BCUT2D eigenvalue weighted by Gasteiger charge is 2.62. The van der Waals surface area contributed by atoms with E-state index in [0.29, 0.717) is 15.2 Å². The predicted molar refractivity (Wildman–Crippen MR) is 93.7 cm³/mol. The van der Waals surface area contributed by atoms with E-state index in [2.05, 4.69) is 36.7 Å². The van der Waals surface area contributed by atoms with Crippen LogP contribution in [0.1, 0.15) is 85.0 Å². The maximum absolute atomic E-state index is 4.29. The van der Waals surface area contributed by atoms with Crippen LogP contribution in [0, 0.1) is 34.5 Å². The maximum Gasteiger partial charge on any atom is 0.0314 e. The van der Waals surface area contributed by atoms with Gasteiger partial charge in [0.15, 0.2) is 0 Å². The molecule has 21 heavy (non-hydrogen) atoms. The van der Waals surface area contributed by atoms with Crippen LogP contribution in [0.3, 0.4) is 0 Å². The second-order valence-electron chi connectivity index (χ2n) is 9.53. The Kier molecular flexibility index (Phi) is 3.40. The van der Waals surface area contributed by atoms with Crippen molar-refractivity contribution in [2.45, 2.75) is 89.3 Å². The standard InChI is InChI=1S/C20H33Br/c1-14-6-7-16-15-8-13-20(21)11-5-4-10-19(20,3)17(15)9-12-18(14,16)2/h14-17H,4-13H2,1-3H3/t14-,15+,16+,17+,18-,19-,20+/m1/s1. The van der Waals surface area contributed by atoms with Gasteiger partial charge in [-0.15, -0.1) is 0 Å². The molecule has 0 radical (unpaired) electrons. The van der Waals surface area contributed by atoms with Crippen molar-refractivity contribution in [1.29, 1.82) is 0 Å². The lowest BCUT2D eigenvalue weighted by molar-refractivity contribution is -0.0949. The third kappa shape index (κ3) is 1.85. The molecule has 0 saturated heterocycles. The van der Waals surface area contributed by atoms with E-state index in [9.17, 15) is 0 Å². The minimum absolute atomic E-state index is 0.484. The highest BCUT2D eigenvalue weighted by atomic mass is 79.9. The first-order valence-electron chi connectivity index (χ1n) is 9.60. The molecule has 0 unspecified atom stereocenters. The summed E-state index contributed by atoms with van der Waals surface area (Å²) in [7, 11) is 0. The number of hydrogen-bond acceptors (Lipinski definition) is 0. The molecule has 0 aromatic rings. The van der Waals surface area contributed by atoms with Crippen LogP contribution in [0.25, 0.3) is 0 Å². The molecule has 0 aliphatic heterocycles. The molecule has 7 atom stereocenters. The summed E-state index contributed by atoms with van der Waals surface area (Å²) in [6.07, 6.45) is 14.9. The van der Waals surface area contributed by atoms with Crippen molar-refractivity contribution >= 4 is 15.9 Å². The van der Waals surface area contributed by atoms with Gasteiger partial charge in [-0.2, -0.15) is 0 Å². The number of fused-ring (bicyclic) bond motifs is 5. The fourth-order valence-electron chi connectivity index (χ4n) is 7.47. The second-order valence-corrected chi connectivity index (χ2v) is 11.0. The largest absolute Gasteiger partial charge is 0.0847 e. The molecule has 1 heteroatoms. The quantitative estimate of drug-likeness (QED) is 0.432. The number of halogens is 1. The van der Waals surface area contributed by atoms with Crippen LogP contribution in [0.15, 0.2) is 0 Å². The Morgan fingerprint density at radius 1 is 0.810 bits per heavy atom. The van der Waals surface area contributed by atoms with Gasteiger partial charge in [0, 0.05) is 4.32 Å². The molecular formula is C20H33Br. The molecule has 4 saturated carbocycles. The van der Waals surface area contributed by atoms with E-state index in [1.54, 1.807) is 0 Å². The zero-order valence-corrected chi connectivity index (χ0v) is 15.8. The number of alkyl halides is 1. The molecular weight excluding hydrogens is 320 g/mol. The van der Waals surface area contributed by atoms with Gasteiger partial charge >= 0.3 is 0 Å². The van der Waals surface area contributed by atoms with Gasteiger partial charge in [-0.05, 0) is 85.9 Å². The lowest BCUT2D eigenvalue weighted by Gasteiger charge is -2.63. The van der Waals surface area contributed by atoms with Crippen LogP contribution in [-0.4, -0.2) is 4.32 Å². The molecule has 4 fully saturated rings. The van der Waals surface area contributed by atoms with Crippen LogP contribution in [0.2, 0.25) is 0 Å². The maximum atomic E-state index is 4.29. The first-order valence-corrected chi connectivity index (χ1v) is 10.4. The Bertz CT molecular complexity index is 432. The molecule has 120 valence electrons. The van der Waals surface area contributed by atoms with Crippen molar-refractivity contribution in [3.63, 3.8) is 0 Å². The summed E-state index contributed by atoms with van der Waals surface area (Å²) in [6.45, 7) is 7.85. The summed E-state index contributed by atoms with van der Waals surface area (Å²) in [5, 5.41) is 0. The molecule has 0 nitrogen and oxygen atoms in total. The zero-order valence-electron chi connectivity index (χ0n) is 14.3. The Morgan fingerprint density at radius 2 is 1.57 bits per heavy atom. The number of rotatable bonds is 0. The van der Waals surface area contributed by atoms with E-state index in [1.807, 2.05) is 0 Å². The molecule has 0 N–H and O–H groups in total. The zero-order chi connectivity index (χ0) is 14.9. The lowest BCUT2D eigenvalue weighted by Crippen LogP contribution is -2.58. The van der Waals surface area contributed by atoms with Gasteiger partial charge in [-0.1, -0.05) is 49.5 Å². The number of hydrogen-bond donors (Lipinski definition) is 0. The van der Waals surface area contributed by atoms with Gasteiger partial charge < -0.3 is 0 Å². The normalized spacial score (nSPS) is 60.0. The summed E-state index contributed by atoms with van der Waals surface area (Å²) in [5.41, 5.74) is 1.26. The van der Waals surface area contributed by atoms with Gasteiger partial charge in [0.05, 0.1) is 0 Å². The third-order valence-electron chi connectivity index (χ3n) is 9.15. The van der Waals surface area contributed by atoms with Crippen LogP contribution < -0.4 is 0 Å². The fraction of sp³-hybridized carbons (Fsp3) is 1.00. The summed E-state index contributed by atoms with van der Waals surface area (Å²) >= 11 is 4.29. The van der Waals surface area contributed by atoms with Gasteiger partial charge in [-0.25, -0.2) is 0 Å². The fourth-order valence-corrected chi connectivity index (χ4v) is 8.48. The van der Waals surface area contributed by atoms with Crippen LogP contribution >= 0.6 is 15.9 Å². The summed E-state index contributed by atoms with van der Waals surface area (Å²) in [6, 6.07) is 0. The van der Waals surface area contributed by atoms with Crippen molar-refractivity contribution in [3.8, 4) is 0 Å². The summed E-state index contributed by atoms with van der Waals surface area (Å²) in [4.78, 5) is 0. The second kappa shape index (κ2) is 4.74. The molecule has 0 heterocycles. The first kappa shape index (κ1) is 15.0. The third-order valence-corrected chi connectivity index (χ3v) is 10.8. The van der Waals surface area contributed by atoms with Gasteiger partial charge in [0.1, 0.15) is 0 Å². The molecule has 0 spiro atoms. The molecule has 0 amide bonds. The average molecular weight is 353 g/mol. The van der Waals surface area contributed by atoms with E-state index in [0.717, 1.165) is 23.7 Å². The van der Waals surface area contributed by atoms with E-state index in [-0.39, 0.29) is 0 Å². The molecule has 0 aromatic carbocycles. The summed E-state index contributed by atoms with van der Waals surface area (Å²) < 4.78 is 0.484. The molecule has 4 aliphatic rings. The van der Waals surface area contributed by atoms with Gasteiger partial charge in [0.2, 0.25) is 0 Å². The summed E-state index contributed by atoms with van der Waals surface area (Å²) in [5.74, 6) is 4.07. The SMILES string of the molecule is C[C@@H]1CC[C@H]2[C@@H]3CC[C@@]4(Br)CCCC[C@]4(C)[C@H]3CC[C@]12C. The van der Waals surface area contributed by atoms with E-state index < -0.39 is 0 Å². The highest BCUT2D eigenvalue weighted by Crippen LogP contribution is 2.69. The van der Waals surface area contributed by atoms with E-state index in [4.69, 9.17) is 0 Å². The van der Waals surface area contributed by atoms with Crippen molar-refractivity contribution in [3.05, 3.63) is 0 Å². The Labute approximate surface area is 140 Å². The Hall–Kier alpha value is 0.480. The highest BCUT2D eigenvalue weighted by molar-refractivity contribution is 9.10. The van der Waals surface area contributed by atoms with Crippen molar-refractivity contribution in [1.82, 2.24) is 0 Å². The molecule has 0 aromatic heterocycles. The van der Waals surface area contributed by atoms with Gasteiger partial charge in [-0.3, -0.25) is 0 Å². The van der Waals surface area contributed by atoms with E-state index >= 15 is 0 Å². The van der Waals surface area contributed by atoms with Crippen molar-refractivity contribution < 1.29 is 0 Å². The van der Waals surface area contributed by atoms with Crippen LogP contribution in [0.4, 0.5) is 0 Å². The van der Waals surface area contributed by atoms with E-state index in [1.165, 1.54) is 64.2 Å². The predicted octanol–water partition coefficient (Wildman–Crippen LogP) is 6.57. The topological polar surface area (TPSA) is 0 Å². The van der Waals surface area contributed by atoms with Gasteiger partial charge in [0.25, 0.3) is 0 Å². The minimum Gasteiger partial charge on any atom is -0.0847 e.